The molecule has 0 aromatic carbocycles. The second-order valence-corrected chi connectivity index (χ2v) is 5.29. The van der Waals surface area contributed by atoms with Crippen LogP contribution in [0.2, 0.25) is 0 Å². The van der Waals surface area contributed by atoms with Gasteiger partial charge in [-0.1, -0.05) is 25.5 Å². The zero-order chi connectivity index (χ0) is 14.1. The molecule has 0 unspecified atom stereocenters. The zero-order valence-corrected chi connectivity index (χ0v) is 11.9. The normalized spacial score (nSPS) is 15.0. The van der Waals surface area contributed by atoms with E-state index in [0.29, 0.717) is 31.8 Å². The van der Waals surface area contributed by atoms with Gasteiger partial charge in [-0.15, -0.1) is 0 Å². The topological polar surface area (TPSA) is 70.2 Å². The average Bonchev–Trinajstić information content (AvgIpc) is 2.36. The lowest BCUT2D eigenvalue weighted by Gasteiger charge is -2.14. The molecule has 0 aromatic heterocycles. The lowest BCUT2D eigenvalue weighted by Crippen LogP contribution is -2.33. The van der Waals surface area contributed by atoms with Crippen molar-refractivity contribution in [1.29, 1.82) is 0 Å². The van der Waals surface area contributed by atoms with E-state index in [9.17, 15) is 9.59 Å². The van der Waals surface area contributed by atoms with Crippen molar-refractivity contribution in [3.8, 4) is 0 Å². The molecule has 0 spiro atoms. The Bertz CT molecular complexity index is 338. The van der Waals surface area contributed by atoms with Gasteiger partial charge in [0, 0.05) is 32.5 Å². The Labute approximate surface area is 115 Å². The van der Waals surface area contributed by atoms with E-state index in [-0.39, 0.29) is 11.8 Å². The SMILES string of the molecule is CC(C)CC(=O)NCCC(=O)NCC1=CCNCC1. The van der Waals surface area contributed by atoms with Crippen molar-refractivity contribution < 1.29 is 9.59 Å². The highest BCUT2D eigenvalue weighted by atomic mass is 16.2. The smallest absolute Gasteiger partial charge is 0.222 e. The number of amides is 2. The van der Waals surface area contributed by atoms with E-state index in [4.69, 9.17) is 0 Å². The van der Waals surface area contributed by atoms with Gasteiger partial charge in [0.25, 0.3) is 0 Å². The molecule has 0 aliphatic carbocycles. The molecule has 3 N–H and O–H groups in total. The molecular formula is C14H25N3O2. The molecule has 0 radical (unpaired) electrons. The van der Waals surface area contributed by atoms with Crippen molar-refractivity contribution >= 4 is 11.8 Å². The molecule has 0 aromatic rings. The van der Waals surface area contributed by atoms with Crippen LogP contribution in [0.5, 0.6) is 0 Å². The van der Waals surface area contributed by atoms with Gasteiger partial charge >= 0.3 is 0 Å². The molecule has 2 amide bonds. The Morgan fingerprint density at radius 1 is 1.32 bits per heavy atom. The van der Waals surface area contributed by atoms with Crippen LogP contribution in [0.3, 0.4) is 0 Å². The van der Waals surface area contributed by atoms with E-state index >= 15 is 0 Å². The predicted molar refractivity (Wildman–Crippen MR) is 75.7 cm³/mol. The van der Waals surface area contributed by atoms with Gasteiger partial charge in [-0.05, 0) is 18.9 Å². The van der Waals surface area contributed by atoms with Gasteiger partial charge in [0.2, 0.25) is 11.8 Å². The van der Waals surface area contributed by atoms with E-state index in [1.807, 2.05) is 13.8 Å². The minimum Gasteiger partial charge on any atom is -0.356 e. The molecule has 5 nitrogen and oxygen atoms in total. The van der Waals surface area contributed by atoms with Gasteiger partial charge in [0.1, 0.15) is 0 Å². The van der Waals surface area contributed by atoms with Gasteiger partial charge in [-0.25, -0.2) is 0 Å². The van der Waals surface area contributed by atoms with Crippen LogP contribution in [0, 0.1) is 5.92 Å². The van der Waals surface area contributed by atoms with E-state index in [2.05, 4.69) is 22.0 Å². The summed E-state index contributed by atoms with van der Waals surface area (Å²) in [7, 11) is 0. The molecule has 0 atom stereocenters. The third-order valence-electron chi connectivity index (χ3n) is 2.94. The third kappa shape index (κ3) is 7.62. The van der Waals surface area contributed by atoms with Gasteiger partial charge in [-0.3, -0.25) is 9.59 Å². The molecule has 1 rings (SSSR count). The first kappa shape index (κ1) is 15.7. The first-order valence-corrected chi connectivity index (χ1v) is 7.00. The van der Waals surface area contributed by atoms with Gasteiger partial charge in [0.05, 0.1) is 0 Å². The van der Waals surface area contributed by atoms with E-state index in [0.717, 1.165) is 19.5 Å². The Hall–Kier alpha value is -1.36. The van der Waals surface area contributed by atoms with Gasteiger partial charge < -0.3 is 16.0 Å². The van der Waals surface area contributed by atoms with Crippen molar-refractivity contribution in [2.75, 3.05) is 26.2 Å². The van der Waals surface area contributed by atoms with Crippen LogP contribution in [0.4, 0.5) is 0 Å². The minimum absolute atomic E-state index is 0.00993. The summed E-state index contributed by atoms with van der Waals surface area (Å²) in [4.78, 5) is 23.0. The minimum atomic E-state index is -0.00993. The quantitative estimate of drug-likeness (QED) is 0.591. The summed E-state index contributed by atoms with van der Waals surface area (Å²) in [6.45, 7) is 6.90. The Morgan fingerprint density at radius 2 is 2.11 bits per heavy atom. The summed E-state index contributed by atoms with van der Waals surface area (Å²) in [5, 5.41) is 8.87. The highest BCUT2D eigenvalue weighted by Crippen LogP contribution is 2.02. The Kier molecular flexibility index (Phi) is 7.18. The molecule has 108 valence electrons. The van der Waals surface area contributed by atoms with Crippen LogP contribution in [0.1, 0.15) is 33.1 Å². The maximum Gasteiger partial charge on any atom is 0.222 e. The number of carbonyl (C=O) groups excluding carboxylic acids is 2. The number of carbonyl (C=O) groups is 2. The number of rotatable bonds is 7. The highest BCUT2D eigenvalue weighted by molar-refractivity contribution is 5.79. The molecule has 0 saturated heterocycles. The summed E-state index contributed by atoms with van der Waals surface area (Å²) in [6.07, 6.45) is 3.97. The van der Waals surface area contributed by atoms with Crippen LogP contribution in [-0.2, 0) is 9.59 Å². The highest BCUT2D eigenvalue weighted by Gasteiger charge is 2.07. The van der Waals surface area contributed by atoms with Crippen molar-refractivity contribution in [3.05, 3.63) is 11.6 Å². The monoisotopic (exact) mass is 267 g/mol. The summed E-state index contributed by atoms with van der Waals surface area (Å²) in [5.41, 5.74) is 1.27. The van der Waals surface area contributed by atoms with Crippen LogP contribution < -0.4 is 16.0 Å². The van der Waals surface area contributed by atoms with E-state index < -0.39 is 0 Å². The van der Waals surface area contributed by atoms with Gasteiger partial charge in [0.15, 0.2) is 0 Å². The Morgan fingerprint density at radius 3 is 2.74 bits per heavy atom. The number of hydrogen-bond donors (Lipinski definition) is 3. The van der Waals surface area contributed by atoms with Crippen LogP contribution in [-0.4, -0.2) is 38.0 Å². The van der Waals surface area contributed by atoms with Gasteiger partial charge in [-0.2, -0.15) is 0 Å². The standard InChI is InChI=1S/C14H25N3O2/c1-11(2)9-14(19)16-8-5-13(18)17-10-12-3-6-15-7-4-12/h3,11,15H,4-10H2,1-2H3,(H,16,19)(H,17,18). The number of hydrogen-bond acceptors (Lipinski definition) is 3. The molecule has 0 bridgehead atoms. The van der Waals surface area contributed by atoms with Crippen molar-refractivity contribution in [3.63, 3.8) is 0 Å². The van der Waals surface area contributed by atoms with Crippen molar-refractivity contribution in [1.82, 2.24) is 16.0 Å². The largest absolute Gasteiger partial charge is 0.356 e. The molecule has 1 heterocycles. The predicted octanol–water partition coefficient (Wildman–Crippen LogP) is 0.575. The maximum atomic E-state index is 11.6. The van der Waals surface area contributed by atoms with Crippen molar-refractivity contribution in [2.24, 2.45) is 5.92 Å². The second-order valence-electron chi connectivity index (χ2n) is 5.29. The fraction of sp³-hybridized carbons (Fsp3) is 0.714. The molecule has 0 saturated carbocycles. The fourth-order valence-corrected chi connectivity index (χ4v) is 1.89. The lowest BCUT2D eigenvalue weighted by atomic mass is 10.1. The second kappa shape index (κ2) is 8.69. The molecule has 1 aliphatic rings. The lowest BCUT2D eigenvalue weighted by molar-refractivity contribution is -0.122. The molecule has 1 aliphatic heterocycles. The van der Waals surface area contributed by atoms with Crippen LogP contribution >= 0.6 is 0 Å². The van der Waals surface area contributed by atoms with E-state index in [1.165, 1.54) is 5.57 Å². The molecule has 19 heavy (non-hydrogen) atoms. The van der Waals surface area contributed by atoms with Crippen LogP contribution in [0.15, 0.2) is 11.6 Å². The summed E-state index contributed by atoms with van der Waals surface area (Å²) in [5.74, 6) is 0.355. The zero-order valence-electron chi connectivity index (χ0n) is 11.9. The number of nitrogens with one attached hydrogen (secondary N) is 3. The first-order valence-electron chi connectivity index (χ1n) is 7.00. The van der Waals surface area contributed by atoms with Crippen LogP contribution in [0.25, 0.3) is 0 Å². The summed E-state index contributed by atoms with van der Waals surface area (Å²) >= 11 is 0. The Balaban J connectivity index is 2.07. The summed E-state index contributed by atoms with van der Waals surface area (Å²) in [6, 6.07) is 0. The van der Waals surface area contributed by atoms with E-state index in [1.54, 1.807) is 0 Å². The molecular weight excluding hydrogens is 242 g/mol. The molecule has 5 heteroatoms. The maximum absolute atomic E-state index is 11.6. The van der Waals surface area contributed by atoms with Crippen molar-refractivity contribution in [2.45, 2.75) is 33.1 Å². The first-order chi connectivity index (χ1) is 9.08. The third-order valence-corrected chi connectivity index (χ3v) is 2.94. The summed E-state index contributed by atoms with van der Waals surface area (Å²) < 4.78 is 0. The average molecular weight is 267 g/mol. The molecule has 0 fully saturated rings. The fourth-order valence-electron chi connectivity index (χ4n) is 1.89.